The first-order chi connectivity index (χ1) is 16.3. The molecule has 0 bridgehead atoms. The first kappa shape index (κ1) is 26.7. The zero-order valence-corrected chi connectivity index (χ0v) is 21.5. The lowest BCUT2D eigenvalue weighted by molar-refractivity contribution is -0.158. The quantitative estimate of drug-likeness (QED) is 0.361. The van der Waals surface area contributed by atoms with Gasteiger partial charge in [0, 0.05) is 22.6 Å². The van der Waals surface area contributed by atoms with Crippen molar-refractivity contribution in [3.63, 3.8) is 0 Å². The van der Waals surface area contributed by atoms with Gasteiger partial charge in [-0.1, -0.05) is 67.4 Å². The number of hydrogen-bond acceptors (Lipinski definition) is 3. The number of rotatable bonds is 10. The van der Waals surface area contributed by atoms with Gasteiger partial charge in [-0.3, -0.25) is 4.79 Å². The lowest BCUT2D eigenvalue weighted by atomic mass is 9.66. The number of carbonyl (C=O) groups is 1. The molecule has 3 rings (SSSR count). The minimum absolute atomic E-state index is 0.00136. The first-order valence-corrected chi connectivity index (χ1v) is 12.7. The SMILES string of the molecule is C=CC[C@@]1(C)CC(c2cccc(Cl)c2)C(c2ccc(Cl)cc2)N([C@@H](CC)C(O)CCCO)C1=O. The maximum Gasteiger partial charge on any atom is 0.229 e. The van der Waals surface area contributed by atoms with E-state index in [0.717, 1.165) is 11.1 Å². The van der Waals surface area contributed by atoms with Crippen LogP contribution in [0.1, 0.15) is 69.0 Å². The average Bonchev–Trinajstić information content (AvgIpc) is 2.81. The normalized spacial score (nSPS) is 24.6. The van der Waals surface area contributed by atoms with Gasteiger partial charge in [-0.2, -0.15) is 0 Å². The van der Waals surface area contributed by atoms with Crippen molar-refractivity contribution in [3.8, 4) is 0 Å². The fourth-order valence-electron chi connectivity index (χ4n) is 5.40. The summed E-state index contributed by atoms with van der Waals surface area (Å²) in [5.74, 6) is -0.0258. The Labute approximate surface area is 213 Å². The highest BCUT2D eigenvalue weighted by Crippen LogP contribution is 2.52. The van der Waals surface area contributed by atoms with Crippen molar-refractivity contribution in [1.82, 2.24) is 4.90 Å². The molecule has 1 fully saturated rings. The number of likely N-dealkylation sites (tertiary alicyclic amines) is 1. The fraction of sp³-hybridized carbons (Fsp3) is 0.464. The molecule has 1 saturated heterocycles. The van der Waals surface area contributed by atoms with E-state index in [1.807, 2.05) is 61.2 Å². The molecule has 0 aliphatic carbocycles. The summed E-state index contributed by atoms with van der Waals surface area (Å²) in [5, 5.41) is 21.8. The van der Waals surface area contributed by atoms with Gasteiger partial charge < -0.3 is 15.1 Å². The zero-order chi connectivity index (χ0) is 24.9. The standard InChI is InChI=1S/C28H35Cl2NO3/c1-4-15-28(3)18-23(20-8-6-9-22(30)17-20)26(19-11-13-21(29)14-12-19)31(27(28)34)24(5-2)25(33)10-7-16-32/h4,6,8-9,11-14,17,23-26,32-33H,1,5,7,10,15-16,18H2,2-3H3/t23?,24-,25?,26?,28-/m0/s1. The minimum Gasteiger partial charge on any atom is -0.396 e. The predicted molar refractivity (Wildman–Crippen MR) is 139 cm³/mol. The van der Waals surface area contributed by atoms with Crippen LogP contribution in [-0.2, 0) is 4.79 Å². The van der Waals surface area contributed by atoms with Gasteiger partial charge in [-0.15, -0.1) is 6.58 Å². The highest BCUT2D eigenvalue weighted by molar-refractivity contribution is 6.30. The van der Waals surface area contributed by atoms with E-state index in [0.29, 0.717) is 42.1 Å². The van der Waals surface area contributed by atoms with Crippen molar-refractivity contribution < 1.29 is 15.0 Å². The molecule has 34 heavy (non-hydrogen) atoms. The van der Waals surface area contributed by atoms with E-state index in [4.69, 9.17) is 23.2 Å². The molecule has 1 heterocycles. The molecule has 2 aromatic carbocycles. The molecular weight excluding hydrogens is 469 g/mol. The van der Waals surface area contributed by atoms with Gasteiger partial charge >= 0.3 is 0 Å². The van der Waals surface area contributed by atoms with Crippen LogP contribution < -0.4 is 0 Å². The molecule has 4 nitrogen and oxygen atoms in total. The summed E-state index contributed by atoms with van der Waals surface area (Å²) >= 11 is 12.6. The van der Waals surface area contributed by atoms with Crippen LogP contribution in [0.2, 0.25) is 10.0 Å². The molecule has 184 valence electrons. The summed E-state index contributed by atoms with van der Waals surface area (Å²) in [5.41, 5.74) is 1.36. The topological polar surface area (TPSA) is 60.8 Å². The summed E-state index contributed by atoms with van der Waals surface area (Å²) in [7, 11) is 0. The minimum atomic E-state index is -0.748. The van der Waals surface area contributed by atoms with Gasteiger partial charge in [0.05, 0.1) is 23.6 Å². The van der Waals surface area contributed by atoms with E-state index in [1.165, 1.54) is 0 Å². The lowest BCUT2D eigenvalue weighted by Crippen LogP contribution is -2.58. The molecule has 2 N–H and O–H groups in total. The molecule has 1 aliphatic rings. The van der Waals surface area contributed by atoms with E-state index in [1.54, 1.807) is 6.08 Å². The maximum atomic E-state index is 14.2. The van der Waals surface area contributed by atoms with Crippen LogP contribution >= 0.6 is 23.2 Å². The summed E-state index contributed by atoms with van der Waals surface area (Å²) in [6.07, 6.45) is 3.72. The predicted octanol–water partition coefficient (Wildman–Crippen LogP) is 6.55. The van der Waals surface area contributed by atoms with Crippen molar-refractivity contribution >= 4 is 29.1 Å². The van der Waals surface area contributed by atoms with Crippen molar-refractivity contribution in [2.75, 3.05) is 6.61 Å². The van der Waals surface area contributed by atoms with Crippen LogP contribution in [0.4, 0.5) is 0 Å². The Morgan fingerprint density at radius 3 is 2.47 bits per heavy atom. The molecule has 3 unspecified atom stereocenters. The van der Waals surface area contributed by atoms with Gasteiger partial charge in [0.25, 0.3) is 0 Å². The summed E-state index contributed by atoms with van der Waals surface area (Å²) < 4.78 is 0. The van der Waals surface area contributed by atoms with E-state index in [-0.39, 0.29) is 24.5 Å². The molecule has 5 atom stereocenters. The second-order valence-electron chi connectivity index (χ2n) is 9.54. The number of halogens is 2. The van der Waals surface area contributed by atoms with Crippen LogP contribution in [0.5, 0.6) is 0 Å². The first-order valence-electron chi connectivity index (χ1n) is 12.0. The molecule has 1 aliphatic heterocycles. The number of aliphatic hydroxyl groups excluding tert-OH is 2. The third-order valence-electron chi connectivity index (χ3n) is 7.06. The van der Waals surface area contributed by atoms with Crippen LogP contribution in [0.3, 0.4) is 0 Å². The monoisotopic (exact) mass is 503 g/mol. The van der Waals surface area contributed by atoms with Gasteiger partial charge in [0.2, 0.25) is 5.91 Å². The largest absolute Gasteiger partial charge is 0.396 e. The number of hydrogen-bond donors (Lipinski definition) is 2. The van der Waals surface area contributed by atoms with E-state index >= 15 is 0 Å². The van der Waals surface area contributed by atoms with Gasteiger partial charge in [0.1, 0.15) is 0 Å². The van der Waals surface area contributed by atoms with Crippen LogP contribution in [-0.4, -0.2) is 39.8 Å². The summed E-state index contributed by atoms with van der Waals surface area (Å²) in [4.78, 5) is 16.1. The number of nitrogens with zero attached hydrogens (tertiary/aromatic N) is 1. The van der Waals surface area contributed by atoms with Crippen molar-refractivity contribution in [1.29, 1.82) is 0 Å². The third kappa shape index (κ3) is 5.68. The van der Waals surface area contributed by atoms with E-state index in [9.17, 15) is 15.0 Å². The van der Waals surface area contributed by atoms with Crippen molar-refractivity contribution in [2.45, 2.75) is 70.1 Å². The Balaban J connectivity index is 2.21. The van der Waals surface area contributed by atoms with Gasteiger partial charge in [0.15, 0.2) is 0 Å². The Bertz CT molecular complexity index is 980. The van der Waals surface area contributed by atoms with E-state index < -0.39 is 17.6 Å². The number of piperidine rings is 1. The molecule has 0 saturated carbocycles. The van der Waals surface area contributed by atoms with Gasteiger partial charge in [-0.25, -0.2) is 0 Å². The maximum absolute atomic E-state index is 14.2. The number of allylic oxidation sites excluding steroid dienone is 1. The van der Waals surface area contributed by atoms with E-state index in [2.05, 4.69) is 12.6 Å². The zero-order valence-electron chi connectivity index (χ0n) is 20.0. The third-order valence-corrected chi connectivity index (χ3v) is 7.55. The summed E-state index contributed by atoms with van der Waals surface area (Å²) in [6, 6.07) is 14.7. The lowest BCUT2D eigenvalue weighted by Gasteiger charge is -2.53. The van der Waals surface area contributed by atoms with Crippen LogP contribution in [0.25, 0.3) is 0 Å². The number of aliphatic hydroxyl groups is 2. The highest BCUT2D eigenvalue weighted by atomic mass is 35.5. The molecule has 6 heteroatoms. The summed E-state index contributed by atoms with van der Waals surface area (Å²) in [6.45, 7) is 7.90. The molecule has 0 radical (unpaired) electrons. The number of carbonyl (C=O) groups excluding carboxylic acids is 1. The Hall–Kier alpha value is -1.85. The Morgan fingerprint density at radius 1 is 1.18 bits per heavy atom. The molecule has 1 amide bonds. The van der Waals surface area contributed by atoms with Crippen molar-refractivity contribution in [2.24, 2.45) is 5.41 Å². The molecule has 0 aromatic heterocycles. The van der Waals surface area contributed by atoms with Crippen LogP contribution in [0, 0.1) is 5.41 Å². The Morgan fingerprint density at radius 2 is 1.88 bits per heavy atom. The fourth-order valence-corrected chi connectivity index (χ4v) is 5.72. The molecular formula is C28H35Cl2NO3. The smallest absolute Gasteiger partial charge is 0.229 e. The number of amides is 1. The van der Waals surface area contributed by atoms with Crippen LogP contribution in [0.15, 0.2) is 61.2 Å². The molecule has 0 spiro atoms. The second-order valence-corrected chi connectivity index (χ2v) is 10.4. The van der Waals surface area contributed by atoms with Crippen molar-refractivity contribution in [3.05, 3.63) is 82.4 Å². The average molecular weight is 504 g/mol. The number of benzene rings is 2. The Kier molecular flexibility index (Phi) is 9.22. The van der Waals surface area contributed by atoms with Gasteiger partial charge in [-0.05, 0) is 67.5 Å². The molecule has 2 aromatic rings. The second kappa shape index (κ2) is 11.7. The highest BCUT2D eigenvalue weighted by Gasteiger charge is 2.51.